The number of ether oxygens (including phenoxy) is 1. The molecule has 0 saturated carbocycles. The van der Waals surface area contributed by atoms with Gasteiger partial charge in [-0.25, -0.2) is 0 Å². The number of nitrogens with one attached hydrogen (secondary N) is 1. The Morgan fingerprint density at radius 3 is 2.19 bits per heavy atom. The Labute approximate surface area is 199 Å². The second-order valence-electron chi connectivity index (χ2n) is 10.1. The first-order valence-corrected chi connectivity index (χ1v) is 15.7. The minimum absolute atomic E-state index is 0.00435. The molecular formula is C24H38N2O4SeSi. The van der Waals surface area contributed by atoms with E-state index in [4.69, 9.17) is 9.16 Å². The van der Waals surface area contributed by atoms with Gasteiger partial charge in [0.25, 0.3) is 0 Å². The van der Waals surface area contributed by atoms with Gasteiger partial charge in [0.1, 0.15) is 0 Å². The number of benzene rings is 1. The zero-order valence-electron chi connectivity index (χ0n) is 20.9. The first-order chi connectivity index (χ1) is 14.7. The quantitative estimate of drug-likeness (QED) is 0.404. The van der Waals surface area contributed by atoms with Gasteiger partial charge < -0.3 is 0 Å². The zero-order valence-corrected chi connectivity index (χ0v) is 23.6. The van der Waals surface area contributed by atoms with Crippen LogP contribution in [0.5, 0.6) is 0 Å². The average Bonchev–Trinajstić information content (AvgIpc) is 2.61. The monoisotopic (exact) mass is 526 g/mol. The Balaban J connectivity index is 2.27. The predicted molar refractivity (Wildman–Crippen MR) is 135 cm³/mol. The Morgan fingerprint density at radius 1 is 1.06 bits per heavy atom. The summed E-state index contributed by atoms with van der Waals surface area (Å²) in [6.07, 6.45) is 0. The number of aromatic nitrogens is 2. The Hall–Kier alpha value is -1.44. The van der Waals surface area contributed by atoms with Crippen molar-refractivity contribution in [2.45, 2.75) is 79.2 Å². The van der Waals surface area contributed by atoms with Gasteiger partial charge in [-0.2, -0.15) is 0 Å². The third-order valence-corrected chi connectivity index (χ3v) is 12.7. The zero-order chi connectivity index (χ0) is 24.3. The molecule has 0 saturated heterocycles. The van der Waals surface area contributed by atoms with Crippen LogP contribution in [0.15, 0.2) is 27.8 Å². The Kier molecular flexibility index (Phi) is 8.93. The van der Waals surface area contributed by atoms with Crippen LogP contribution in [0.25, 0.3) is 0 Å². The Bertz CT molecular complexity index is 1030. The molecule has 1 N–H and O–H groups in total. The summed E-state index contributed by atoms with van der Waals surface area (Å²) in [4.78, 5) is 27.9. The summed E-state index contributed by atoms with van der Waals surface area (Å²) in [6, 6.07) is 6.38. The maximum absolute atomic E-state index is 12.7. The molecule has 0 bridgehead atoms. The van der Waals surface area contributed by atoms with Crippen LogP contribution in [-0.4, -0.2) is 46.0 Å². The predicted octanol–water partition coefficient (Wildman–Crippen LogP) is 2.93. The molecule has 0 radical (unpaired) electrons. The summed E-state index contributed by atoms with van der Waals surface area (Å²) in [5.41, 5.74) is 2.27. The van der Waals surface area contributed by atoms with Crippen molar-refractivity contribution in [3.63, 3.8) is 0 Å². The van der Waals surface area contributed by atoms with Crippen LogP contribution in [0.2, 0.25) is 18.1 Å². The molecule has 0 spiro atoms. The summed E-state index contributed by atoms with van der Waals surface area (Å²) < 4.78 is 15.5. The van der Waals surface area contributed by atoms with E-state index in [2.05, 4.69) is 70.9 Å². The molecule has 0 unspecified atom stereocenters. The number of aromatic amines is 1. The van der Waals surface area contributed by atoms with Crippen molar-refractivity contribution in [3.8, 4) is 0 Å². The van der Waals surface area contributed by atoms with E-state index in [-0.39, 0.29) is 38.2 Å². The van der Waals surface area contributed by atoms with E-state index < -0.39 is 14.0 Å². The number of hydrogen-bond acceptors (Lipinski definition) is 4. The van der Waals surface area contributed by atoms with Crippen molar-refractivity contribution in [1.29, 1.82) is 0 Å². The van der Waals surface area contributed by atoms with E-state index in [1.807, 2.05) is 13.8 Å². The van der Waals surface area contributed by atoms with Crippen molar-refractivity contribution in [3.05, 3.63) is 55.7 Å². The van der Waals surface area contributed by atoms with Crippen molar-refractivity contribution >= 4 is 32.3 Å². The van der Waals surface area contributed by atoms with Crippen LogP contribution >= 0.6 is 0 Å². The minimum atomic E-state index is -1.84. The Morgan fingerprint density at radius 2 is 1.66 bits per heavy atom. The average molecular weight is 526 g/mol. The molecule has 0 aliphatic carbocycles. The van der Waals surface area contributed by atoms with Gasteiger partial charge in [-0.05, 0) is 0 Å². The summed E-state index contributed by atoms with van der Waals surface area (Å²) >= 11 is -0.204. The molecule has 2 aromatic rings. The van der Waals surface area contributed by atoms with Gasteiger partial charge in [0.15, 0.2) is 0 Å². The summed E-state index contributed by atoms with van der Waals surface area (Å²) in [5.74, 6) is -0.00435. The first-order valence-electron chi connectivity index (χ1n) is 11.1. The van der Waals surface area contributed by atoms with Crippen molar-refractivity contribution < 1.29 is 9.16 Å². The fraction of sp³-hybridized carbons (Fsp3) is 0.583. The normalized spacial score (nSPS) is 12.6. The summed E-state index contributed by atoms with van der Waals surface area (Å²) in [6.45, 7) is 20.1. The topological polar surface area (TPSA) is 73.3 Å². The van der Waals surface area contributed by atoms with Gasteiger partial charge in [-0.1, -0.05) is 0 Å². The SMILES string of the molecule is Cc1cc(C)cc([Se]c2c(C(C)C)c(=O)[nH]c(=O)n2COCCO[Si](C)(C)C(C)(C)C)c1. The van der Waals surface area contributed by atoms with E-state index in [0.29, 0.717) is 18.8 Å². The molecule has 1 aromatic heterocycles. The molecule has 32 heavy (non-hydrogen) atoms. The van der Waals surface area contributed by atoms with E-state index in [0.717, 1.165) is 9.05 Å². The molecule has 6 nitrogen and oxygen atoms in total. The van der Waals surface area contributed by atoms with Gasteiger partial charge in [0.2, 0.25) is 0 Å². The second-order valence-corrected chi connectivity index (χ2v) is 17.2. The van der Waals surface area contributed by atoms with Gasteiger partial charge in [0, 0.05) is 0 Å². The summed E-state index contributed by atoms with van der Waals surface area (Å²) in [5, 5.41) is 0.136. The third-order valence-electron chi connectivity index (χ3n) is 5.89. The molecule has 1 heterocycles. The number of nitrogens with zero attached hydrogens (tertiary/aromatic N) is 1. The molecule has 8 heteroatoms. The van der Waals surface area contributed by atoms with E-state index in [1.54, 1.807) is 4.57 Å². The maximum atomic E-state index is 12.7. The molecule has 178 valence electrons. The summed E-state index contributed by atoms with van der Waals surface area (Å²) in [7, 11) is -1.84. The molecule has 0 aliphatic heterocycles. The molecule has 0 atom stereocenters. The van der Waals surface area contributed by atoms with Gasteiger partial charge in [-0.15, -0.1) is 0 Å². The standard InChI is InChI=1S/C24H38N2O4SeSi/c1-16(2)20-21(27)25-23(28)26(15-29-10-11-30-32(8,9)24(5,6)7)22(20)31-19-13-17(3)12-18(4)14-19/h12-14,16H,10-11,15H2,1-9H3,(H,25,27,28). The van der Waals surface area contributed by atoms with Crippen LogP contribution in [0.1, 0.15) is 57.2 Å². The van der Waals surface area contributed by atoms with Crippen molar-refractivity contribution in [1.82, 2.24) is 9.55 Å². The van der Waals surface area contributed by atoms with E-state index >= 15 is 0 Å². The third kappa shape index (κ3) is 6.78. The van der Waals surface area contributed by atoms with Crippen LogP contribution < -0.4 is 20.3 Å². The molecule has 1 aromatic carbocycles. The molecular weight excluding hydrogens is 487 g/mol. The van der Waals surface area contributed by atoms with Gasteiger partial charge in [-0.3, -0.25) is 0 Å². The van der Waals surface area contributed by atoms with Gasteiger partial charge >= 0.3 is 199 Å². The van der Waals surface area contributed by atoms with Crippen LogP contribution in [0.4, 0.5) is 0 Å². The number of aryl methyl sites for hydroxylation is 2. The van der Waals surface area contributed by atoms with Crippen molar-refractivity contribution in [2.24, 2.45) is 0 Å². The number of hydrogen-bond donors (Lipinski definition) is 1. The first kappa shape index (κ1) is 26.8. The van der Waals surface area contributed by atoms with Crippen molar-refractivity contribution in [2.75, 3.05) is 13.2 Å². The molecule has 0 fully saturated rings. The molecule has 2 rings (SSSR count). The molecule has 0 amide bonds. The van der Waals surface area contributed by atoms with Gasteiger partial charge in [0.05, 0.1) is 0 Å². The second kappa shape index (κ2) is 10.7. The van der Waals surface area contributed by atoms with Crippen LogP contribution in [0, 0.1) is 13.8 Å². The van der Waals surface area contributed by atoms with Crippen LogP contribution in [-0.2, 0) is 15.9 Å². The fourth-order valence-corrected chi connectivity index (χ4v) is 7.09. The van der Waals surface area contributed by atoms with E-state index in [1.165, 1.54) is 11.1 Å². The van der Waals surface area contributed by atoms with E-state index in [9.17, 15) is 9.59 Å². The number of H-pyrrole nitrogens is 1. The molecule has 0 aliphatic rings. The fourth-order valence-electron chi connectivity index (χ4n) is 3.13. The van der Waals surface area contributed by atoms with Crippen LogP contribution in [0.3, 0.4) is 0 Å². The number of rotatable bonds is 9.